The maximum atomic E-state index is 12.6. The van der Waals surface area contributed by atoms with Crippen LogP contribution in [0.25, 0.3) is 0 Å². The third-order valence-corrected chi connectivity index (χ3v) is 4.68. The van der Waals surface area contributed by atoms with Crippen molar-refractivity contribution >= 4 is 28.8 Å². The van der Waals surface area contributed by atoms with E-state index in [1.54, 1.807) is 0 Å². The number of carbonyl (C=O) groups is 1. The molecular weight excluding hydrogens is 268 g/mol. The summed E-state index contributed by atoms with van der Waals surface area (Å²) in [5.74, 6) is 0.615. The lowest BCUT2D eigenvalue weighted by Gasteiger charge is -2.28. The van der Waals surface area contributed by atoms with Crippen LogP contribution < -0.4 is 0 Å². The summed E-state index contributed by atoms with van der Waals surface area (Å²) in [6.45, 7) is 4.49. The van der Waals surface area contributed by atoms with Gasteiger partial charge in [-0.25, -0.2) is 4.98 Å². The van der Waals surface area contributed by atoms with Gasteiger partial charge in [0.05, 0.1) is 10.7 Å². The van der Waals surface area contributed by atoms with Gasteiger partial charge in [0.2, 0.25) is 0 Å². The van der Waals surface area contributed by atoms with Crippen LogP contribution in [-0.4, -0.2) is 34.3 Å². The fourth-order valence-electron chi connectivity index (χ4n) is 2.62. The highest BCUT2D eigenvalue weighted by Crippen LogP contribution is 2.27. The van der Waals surface area contributed by atoms with Crippen LogP contribution in [0, 0.1) is 13.8 Å². The van der Waals surface area contributed by atoms with Gasteiger partial charge in [-0.2, -0.15) is 0 Å². The van der Waals surface area contributed by atoms with Crippen molar-refractivity contribution in [2.24, 2.45) is 0 Å². The van der Waals surface area contributed by atoms with Gasteiger partial charge in [-0.15, -0.1) is 22.9 Å². The van der Waals surface area contributed by atoms with Crippen molar-refractivity contribution in [3.8, 4) is 0 Å². The van der Waals surface area contributed by atoms with E-state index in [2.05, 4.69) is 4.98 Å². The molecule has 1 fully saturated rings. The molecule has 1 saturated carbocycles. The lowest BCUT2D eigenvalue weighted by Crippen LogP contribution is -2.40. The Morgan fingerprint density at radius 1 is 1.44 bits per heavy atom. The van der Waals surface area contributed by atoms with Crippen molar-refractivity contribution in [2.45, 2.75) is 45.6 Å². The number of halogens is 1. The normalized spacial score (nSPS) is 16.2. The van der Waals surface area contributed by atoms with E-state index in [-0.39, 0.29) is 5.91 Å². The summed E-state index contributed by atoms with van der Waals surface area (Å²) >= 11 is 7.34. The molecule has 18 heavy (non-hydrogen) atoms. The van der Waals surface area contributed by atoms with Crippen LogP contribution in [0.15, 0.2) is 0 Å². The number of rotatable bonds is 4. The van der Waals surface area contributed by atoms with Gasteiger partial charge in [-0.05, 0) is 26.7 Å². The van der Waals surface area contributed by atoms with Crippen molar-refractivity contribution in [1.29, 1.82) is 0 Å². The van der Waals surface area contributed by atoms with Crippen LogP contribution in [0.5, 0.6) is 0 Å². The van der Waals surface area contributed by atoms with E-state index in [0.717, 1.165) is 28.4 Å². The first-order valence-electron chi connectivity index (χ1n) is 6.44. The van der Waals surface area contributed by atoms with Crippen LogP contribution in [0.4, 0.5) is 0 Å². The molecule has 0 N–H and O–H groups in total. The summed E-state index contributed by atoms with van der Waals surface area (Å²) in [4.78, 5) is 19.7. The molecule has 0 aromatic carbocycles. The molecule has 0 aliphatic heterocycles. The van der Waals surface area contributed by atoms with Gasteiger partial charge in [0.15, 0.2) is 0 Å². The van der Waals surface area contributed by atoms with Gasteiger partial charge in [0.25, 0.3) is 5.91 Å². The average Bonchev–Trinajstić information content (AvgIpc) is 2.95. The largest absolute Gasteiger partial charge is 0.334 e. The second-order valence-electron chi connectivity index (χ2n) is 4.77. The summed E-state index contributed by atoms with van der Waals surface area (Å²) in [6, 6.07) is 0.373. The summed E-state index contributed by atoms with van der Waals surface area (Å²) in [5, 5.41) is 0.952. The topological polar surface area (TPSA) is 33.2 Å². The van der Waals surface area contributed by atoms with Crippen molar-refractivity contribution in [1.82, 2.24) is 9.88 Å². The number of hydrogen-bond donors (Lipinski definition) is 0. The van der Waals surface area contributed by atoms with Crippen LogP contribution in [0.3, 0.4) is 0 Å². The number of thiazole rings is 1. The molecule has 5 heteroatoms. The minimum Gasteiger partial charge on any atom is -0.334 e. The van der Waals surface area contributed by atoms with E-state index < -0.39 is 0 Å². The van der Waals surface area contributed by atoms with Gasteiger partial charge in [0, 0.05) is 18.5 Å². The van der Waals surface area contributed by atoms with Gasteiger partial charge >= 0.3 is 0 Å². The first-order chi connectivity index (χ1) is 8.63. The average molecular weight is 287 g/mol. The SMILES string of the molecule is Cc1nc(C)c(C(=O)N(CCCl)C2CCCC2)s1. The zero-order valence-electron chi connectivity index (χ0n) is 10.9. The van der Waals surface area contributed by atoms with Crippen LogP contribution in [0.1, 0.15) is 46.1 Å². The highest BCUT2D eigenvalue weighted by Gasteiger charge is 2.28. The van der Waals surface area contributed by atoms with E-state index in [0.29, 0.717) is 18.5 Å². The first kappa shape index (κ1) is 13.8. The number of aromatic nitrogens is 1. The Kier molecular flexibility index (Phi) is 4.62. The van der Waals surface area contributed by atoms with Gasteiger partial charge in [-0.1, -0.05) is 12.8 Å². The Hall–Kier alpha value is -0.610. The zero-order valence-corrected chi connectivity index (χ0v) is 12.5. The maximum absolute atomic E-state index is 12.6. The van der Waals surface area contributed by atoms with Gasteiger partial charge in [0.1, 0.15) is 4.88 Å². The molecule has 1 aliphatic carbocycles. The molecule has 0 atom stereocenters. The molecule has 1 aromatic rings. The van der Waals surface area contributed by atoms with Crippen molar-refractivity contribution in [3.05, 3.63) is 15.6 Å². The predicted molar refractivity (Wildman–Crippen MR) is 75.6 cm³/mol. The van der Waals surface area contributed by atoms with Gasteiger partial charge < -0.3 is 4.90 Å². The van der Waals surface area contributed by atoms with E-state index in [1.165, 1.54) is 24.2 Å². The third kappa shape index (κ3) is 2.86. The van der Waals surface area contributed by atoms with E-state index >= 15 is 0 Å². The second kappa shape index (κ2) is 6.02. The Balaban J connectivity index is 2.19. The third-order valence-electron chi connectivity index (χ3n) is 3.45. The number of aryl methyl sites for hydroxylation is 2. The number of hydrogen-bond acceptors (Lipinski definition) is 3. The maximum Gasteiger partial charge on any atom is 0.266 e. The molecule has 0 saturated heterocycles. The van der Waals surface area contributed by atoms with E-state index in [9.17, 15) is 4.79 Å². The highest BCUT2D eigenvalue weighted by atomic mass is 35.5. The molecule has 100 valence electrons. The second-order valence-corrected chi connectivity index (χ2v) is 6.35. The Bertz CT molecular complexity index is 427. The lowest BCUT2D eigenvalue weighted by molar-refractivity contribution is 0.0699. The molecule has 0 bridgehead atoms. The van der Waals surface area contributed by atoms with E-state index in [4.69, 9.17) is 11.6 Å². The Morgan fingerprint density at radius 3 is 2.61 bits per heavy atom. The quantitative estimate of drug-likeness (QED) is 0.795. The first-order valence-corrected chi connectivity index (χ1v) is 7.79. The van der Waals surface area contributed by atoms with Crippen molar-refractivity contribution in [3.63, 3.8) is 0 Å². The fraction of sp³-hybridized carbons (Fsp3) is 0.692. The van der Waals surface area contributed by atoms with Crippen LogP contribution in [-0.2, 0) is 0 Å². The lowest BCUT2D eigenvalue weighted by atomic mass is 10.2. The monoisotopic (exact) mass is 286 g/mol. The minimum absolute atomic E-state index is 0.116. The molecule has 0 spiro atoms. The fourth-order valence-corrected chi connectivity index (χ4v) is 3.68. The molecule has 1 heterocycles. The summed E-state index contributed by atoms with van der Waals surface area (Å²) in [6.07, 6.45) is 4.66. The highest BCUT2D eigenvalue weighted by molar-refractivity contribution is 7.13. The molecule has 1 aliphatic rings. The standard InChI is InChI=1S/C13H19ClN2OS/c1-9-12(18-10(2)15-9)13(17)16(8-7-14)11-5-3-4-6-11/h11H,3-8H2,1-2H3. The van der Waals surface area contributed by atoms with Gasteiger partial charge in [-0.3, -0.25) is 4.79 Å². The summed E-state index contributed by atoms with van der Waals surface area (Å²) < 4.78 is 0. The predicted octanol–water partition coefficient (Wildman–Crippen LogP) is 3.38. The molecule has 3 nitrogen and oxygen atoms in total. The van der Waals surface area contributed by atoms with Crippen molar-refractivity contribution in [2.75, 3.05) is 12.4 Å². The van der Waals surface area contributed by atoms with E-state index in [1.807, 2.05) is 18.7 Å². The smallest absolute Gasteiger partial charge is 0.266 e. The Morgan fingerprint density at radius 2 is 2.11 bits per heavy atom. The molecule has 2 rings (SSSR count). The zero-order chi connectivity index (χ0) is 13.1. The van der Waals surface area contributed by atoms with Crippen LogP contribution >= 0.6 is 22.9 Å². The molecule has 0 unspecified atom stereocenters. The number of alkyl halides is 1. The summed E-state index contributed by atoms with van der Waals surface area (Å²) in [5.41, 5.74) is 0.847. The molecular formula is C13H19ClN2OS. The molecule has 1 amide bonds. The van der Waals surface area contributed by atoms with Crippen molar-refractivity contribution < 1.29 is 4.79 Å². The van der Waals surface area contributed by atoms with Crippen LogP contribution in [0.2, 0.25) is 0 Å². The molecule has 1 aromatic heterocycles. The summed E-state index contributed by atoms with van der Waals surface area (Å²) in [7, 11) is 0. The number of carbonyl (C=O) groups excluding carboxylic acids is 1. The number of nitrogens with zero attached hydrogens (tertiary/aromatic N) is 2. The number of amides is 1. The molecule has 0 radical (unpaired) electrons. The minimum atomic E-state index is 0.116. The Labute approximate surface area is 117 Å².